The van der Waals surface area contributed by atoms with Gasteiger partial charge in [-0.2, -0.15) is 0 Å². The summed E-state index contributed by atoms with van der Waals surface area (Å²) in [5, 5.41) is 22.6. The third-order valence-electron chi connectivity index (χ3n) is 3.95. The van der Waals surface area contributed by atoms with Crippen LogP contribution in [-0.2, 0) is 9.59 Å². The number of hydrogen-bond donors (Lipinski definition) is 2. The summed E-state index contributed by atoms with van der Waals surface area (Å²) < 4.78 is 0. The fraction of sp³-hybridized carbons (Fsp3) is 0.429. The van der Waals surface area contributed by atoms with Crippen molar-refractivity contribution in [1.29, 1.82) is 0 Å². The van der Waals surface area contributed by atoms with Gasteiger partial charge < -0.3 is 10.4 Å². The summed E-state index contributed by atoms with van der Waals surface area (Å²) in [4.78, 5) is 33.5. The van der Waals surface area contributed by atoms with Gasteiger partial charge in [0.15, 0.2) is 0 Å². The summed E-state index contributed by atoms with van der Waals surface area (Å²) in [5.74, 6) is -1.39. The molecule has 0 radical (unpaired) electrons. The minimum atomic E-state index is -0.972. The molecule has 7 nitrogen and oxygen atoms in total. The van der Waals surface area contributed by atoms with Gasteiger partial charge in [-0.25, -0.2) is 0 Å². The molecule has 21 heavy (non-hydrogen) atoms. The number of amides is 1. The first-order valence-corrected chi connectivity index (χ1v) is 6.62. The predicted octanol–water partition coefficient (Wildman–Crippen LogP) is 2.49. The van der Waals surface area contributed by atoms with Crippen LogP contribution in [0.1, 0.15) is 31.2 Å². The molecular weight excluding hydrogens is 276 g/mol. The fourth-order valence-corrected chi connectivity index (χ4v) is 2.47. The van der Waals surface area contributed by atoms with Gasteiger partial charge >= 0.3 is 5.97 Å². The topological polar surface area (TPSA) is 110 Å². The minimum Gasteiger partial charge on any atom is -0.481 e. The number of carbonyl (C=O) groups excluding carboxylic acids is 1. The van der Waals surface area contributed by atoms with E-state index in [1.165, 1.54) is 6.07 Å². The summed E-state index contributed by atoms with van der Waals surface area (Å²) in [6, 6.07) is 4.39. The number of carboxylic acids is 1. The molecule has 0 unspecified atom stereocenters. The van der Waals surface area contributed by atoms with Gasteiger partial charge in [0.05, 0.1) is 10.3 Å². The van der Waals surface area contributed by atoms with Crippen molar-refractivity contribution < 1.29 is 19.6 Å². The number of nitro benzene ring substituents is 1. The van der Waals surface area contributed by atoms with Gasteiger partial charge in [0.2, 0.25) is 5.91 Å². The summed E-state index contributed by atoms with van der Waals surface area (Å²) >= 11 is 0. The van der Waals surface area contributed by atoms with Crippen molar-refractivity contribution in [1.82, 2.24) is 0 Å². The van der Waals surface area contributed by atoms with Crippen molar-refractivity contribution in [2.75, 3.05) is 5.32 Å². The molecule has 0 spiro atoms. The summed E-state index contributed by atoms with van der Waals surface area (Å²) in [6.45, 7) is 1.61. The van der Waals surface area contributed by atoms with Crippen LogP contribution in [-0.4, -0.2) is 21.9 Å². The molecular formula is C14H16N2O5. The highest BCUT2D eigenvalue weighted by Crippen LogP contribution is 2.44. The first-order chi connectivity index (χ1) is 9.84. The molecule has 1 aliphatic carbocycles. The van der Waals surface area contributed by atoms with E-state index in [-0.39, 0.29) is 12.1 Å². The lowest BCUT2D eigenvalue weighted by atomic mass is 9.66. The molecule has 1 aromatic rings. The van der Waals surface area contributed by atoms with Crippen LogP contribution in [0.15, 0.2) is 18.2 Å². The average Bonchev–Trinajstić information content (AvgIpc) is 2.35. The van der Waals surface area contributed by atoms with Crippen LogP contribution in [0, 0.1) is 22.5 Å². The molecule has 0 bridgehead atoms. The lowest BCUT2D eigenvalue weighted by molar-refractivity contribution is -0.385. The van der Waals surface area contributed by atoms with E-state index in [1.807, 2.05) is 0 Å². The van der Waals surface area contributed by atoms with Crippen LogP contribution in [0.4, 0.5) is 11.4 Å². The molecule has 0 aromatic heterocycles. The maximum Gasteiger partial charge on any atom is 0.310 e. The van der Waals surface area contributed by atoms with Crippen LogP contribution in [0.5, 0.6) is 0 Å². The van der Waals surface area contributed by atoms with Crippen molar-refractivity contribution in [2.45, 2.75) is 32.6 Å². The number of rotatable bonds is 5. The zero-order chi connectivity index (χ0) is 15.6. The van der Waals surface area contributed by atoms with Gasteiger partial charge in [-0.1, -0.05) is 12.5 Å². The van der Waals surface area contributed by atoms with E-state index in [0.29, 0.717) is 24.1 Å². The molecule has 1 aromatic carbocycles. The maximum absolute atomic E-state index is 11.9. The van der Waals surface area contributed by atoms with Gasteiger partial charge in [0.25, 0.3) is 5.69 Å². The molecule has 0 aliphatic heterocycles. The standard InChI is InChI=1S/C14H16N2O5/c1-9-3-4-10(7-11(9)16(20)21)15-12(17)8-14(13(18)19)5-2-6-14/h3-4,7H,2,5-6,8H2,1H3,(H,15,17)(H,18,19). The number of carbonyl (C=O) groups is 2. The highest BCUT2D eigenvalue weighted by molar-refractivity contribution is 5.94. The van der Waals surface area contributed by atoms with Gasteiger partial charge in [-0.3, -0.25) is 19.7 Å². The lowest BCUT2D eigenvalue weighted by Crippen LogP contribution is -2.41. The SMILES string of the molecule is Cc1ccc(NC(=O)CC2(C(=O)O)CCC2)cc1[N+](=O)[O-]. The Kier molecular flexibility index (Phi) is 3.93. The number of nitro groups is 1. The van der Waals surface area contributed by atoms with Gasteiger partial charge in [0, 0.05) is 23.7 Å². The van der Waals surface area contributed by atoms with Crippen LogP contribution in [0.3, 0.4) is 0 Å². The molecule has 112 valence electrons. The second kappa shape index (κ2) is 5.51. The van der Waals surface area contributed by atoms with Crippen molar-refractivity contribution in [3.63, 3.8) is 0 Å². The third kappa shape index (κ3) is 3.01. The molecule has 0 atom stereocenters. The molecule has 7 heteroatoms. The van der Waals surface area contributed by atoms with Crippen molar-refractivity contribution in [3.8, 4) is 0 Å². The third-order valence-corrected chi connectivity index (χ3v) is 3.95. The zero-order valence-corrected chi connectivity index (χ0v) is 11.6. The van der Waals surface area contributed by atoms with Crippen LogP contribution >= 0.6 is 0 Å². The van der Waals surface area contributed by atoms with E-state index in [4.69, 9.17) is 0 Å². The molecule has 1 amide bonds. The van der Waals surface area contributed by atoms with Crippen LogP contribution in [0.25, 0.3) is 0 Å². The smallest absolute Gasteiger partial charge is 0.310 e. The first-order valence-electron chi connectivity index (χ1n) is 6.62. The predicted molar refractivity (Wildman–Crippen MR) is 75.0 cm³/mol. The second-order valence-electron chi connectivity index (χ2n) is 5.42. The number of nitrogens with zero attached hydrogens (tertiary/aromatic N) is 1. The highest BCUT2D eigenvalue weighted by atomic mass is 16.6. The van der Waals surface area contributed by atoms with E-state index in [1.54, 1.807) is 19.1 Å². The Balaban J connectivity index is 2.08. The molecule has 0 saturated heterocycles. The minimum absolute atomic E-state index is 0.0793. The van der Waals surface area contributed by atoms with E-state index in [9.17, 15) is 24.8 Å². The zero-order valence-electron chi connectivity index (χ0n) is 11.6. The monoisotopic (exact) mass is 292 g/mol. The number of aliphatic carboxylic acids is 1. The van der Waals surface area contributed by atoms with E-state index < -0.39 is 22.2 Å². The van der Waals surface area contributed by atoms with Crippen molar-refractivity contribution >= 4 is 23.3 Å². The lowest BCUT2D eigenvalue weighted by Gasteiger charge is -2.36. The van der Waals surface area contributed by atoms with E-state index in [2.05, 4.69) is 5.32 Å². The van der Waals surface area contributed by atoms with Crippen LogP contribution < -0.4 is 5.32 Å². The Morgan fingerprint density at radius 2 is 2.10 bits per heavy atom. The van der Waals surface area contributed by atoms with Crippen molar-refractivity contribution in [2.24, 2.45) is 5.41 Å². The second-order valence-corrected chi connectivity index (χ2v) is 5.42. The molecule has 1 saturated carbocycles. The number of aryl methyl sites for hydroxylation is 1. The normalized spacial score (nSPS) is 15.9. The van der Waals surface area contributed by atoms with E-state index >= 15 is 0 Å². The molecule has 1 fully saturated rings. The molecule has 0 heterocycles. The largest absolute Gasteiger partial charge is 0.481 e. The number of nitrogens with one attached hydrogen (secondary N) is 1. The number of benzene rings is 1. The maximum atomic E-state index is 11.9. The van der Waals surface area contributed by atoms with Gasteiger partial charge in [-0.05, 0) is 25.8 Å². The molecule has 2 rings (SSSR count). The Morgan fingerprint density at radius 1 is 1.43 bits per heavy atom. The van der Waals surface area contributed by atoms with Crippen LogP contribution in [0.2, 0.25) is 0 Å². The van der Waals surface area contributed by atoms with E-state index in [0.717, 1.165) is 6.42 Å². The Labute approximate surface area is 121 Å². The Hall–Kier alpha value is -2.44. The average molecular weight is 292 g/mol. The first kappa shape index (κ1) is 15.0. The Bertz CT molecular complexity index is 607. The number of hydrogen-bond acceptors (Lipinski definition) is 4. The number of anilines is 1. The summed E-state index contributed by atoms with van der Waals surface area (Å²) in [6.07, 6.45) is 1.67. The fourth-order valence-electron chi connectivity index (χ4n) is 2.47. The molecule has 1 aliphatic rings. The quantitative estimate of drug-likeness (QED) is 0.640. The summed E-state index contributed by atoms with van der Waals surface area (Å²) in [7, 11) is 0. The van der Waals surface area contributed by atoms with Gasteiger partial charge in [0.1, 0.15) is 0 Å². The summed E-state index contributed by atoms with van der Waals surface area (Å²) in [5.41, 5.74) is -0.249. The number of carboxylic acid groups (broad SMARTS) is 1. The molecule has 2 N–H and O–H groups in total. The van der Waals surface area contributed by atoms with Gasteiger partial charge in [-0.15, -0.1) is 0 Å². The Morgan fingerprint density at radius 3 is 2.57 bits per heavy atom. The van der Waals surface area contributed by atoms with Crippen molar-refractivity contribution in [3.05, 3.63) is 33.9 Å². The highest BCUT2D eigenvalue weighted by Gasteiger charge is 2.45.